The normalized spacial score (nSPS) is 17.7. The van der Waals surface area contributed by atoms with Gasteiger partial charge >= 0.3 is 0 Å². The number of ether oxygens (including phenoxy) is 3. The average Bonchev–Trinajstić information content (AvgIpc) is 2.90. The van der Waals surface area contributed by atoms with E-state index in [-0.39, 0.29) is 22.5 Å². The number of aliphatic imine (C=N–C) groups is 1. The molecule has 0 bridgehead atoms. The van der Waals surface area contributed by atoms with Gasteiger partial charge in [-0.15, -0.1) is 0 Å². The second-order valence-corrected chi connectivity index (χ2v) is 7.35. The quantitative estimate of drug-likeness (QED) is 0.585. The van der Waals surface area contributed by atoms with E-state index in [0.717, 1.165) is 11.9 Å². The van der Waals surface area contributed by atoms with Crippen molar-refractivity contribution in [3.63, 3.8) is 0 Å². The number of benzene rings is 2. The van der Waals surface area contributed by atoms with Gasteiger partial charge in [0.05, 0.1) is 35.9 Å². The van der Waals surface area contributed by atoms with Crippen LogP contribution in [0.25, 0.3) is 11.0 Å². The summed E-state index contributed by atoms with van der Waals surface area (Å²) in [5.74, 6) is 2.24. The van der Waals surface area contributed by atoms with Crippen LogP contribution < -0.4 is 25.3 Å². The Labute approximate surface area is 177 Å². The lowest BCUT2D eigenvalue weighted by Gasteiger charge is -2.24. The lowest BCUT2D eigenvalue weighted by Crippen LogP contribution is -2.31. The zero-order chi connectivity index (χ0) is 20.8. The predicted octanol–water partition coefficient (Wildman–Crippen LogP) is 3.24. The number of imidazole rings is 1. The summed E-state index contributed by atoms with van der Waals surface area (Å²) in [4.78, 5) is 9.22. The molecule has 156 valence electrons. The molecule has 30 heavy (non-hydrogen) atoms. The van der Waals surface area contributed by atoms with Crippen LogP contribution in [0.5, 0.6) is 23.0 Å². The summed E-state index contributed by atoms with van der Waals surface area (Å²) in [6.45, 7) is 3.39. The summed E-state index contributed by atoms with van der Waals surface area (Å²) < 4.78 is 19.1. The molecule has 0 spiro atoms. The number of rotatable bonds is 3. The van der Waals surface area contributed by atoms with Crippen LogP contribution in [0, 0.1) is 0 Å². The van der Waals surface area contributed by atoms with E-state index in [0.29, 0.717) is 48.3 Å². The SMILES string of the molecule is CCOc1cc([C@H]2N=C(N)Nc3nc4cc5c(cc4n32)OCCCO5)cc(Cl)c1O. The molecule has 3 aromatic rings. The van der Waals surface area contributed by atoms with Gasteiger partial charge in [0.15, 0.2) is 35.1 Å². The second-order valence-electron chi connectivity index (χ2n) is 6.94. The van der Waals surface area contributed by atoms with Crippen LogP contribution in [-0.4, -0.2) is 40.4 Å². The third-order valence-corrected chi connectivity index (χ3v) is 5.24. The van der Waals surface area contributed by atoms with E-state index < -0.39 is 6.17 Å². The Morgan fingerprint density at radius 3 is 2.80 bits per heavy atom. The maximum Gasteiger partial charge on any atom is 0.212 e. The molecule has 10 heteroatoms. The van der Waals surface area contributed by atoms with Gasteiger partial charge in [0.25, 0.3) is 0 Å². The molecule has 2 aromatic carbocycles. The number of nitrogens with zero attached hydrogens (tertiary/aromatic N) is 3. The zero-order valence-electron chi connectivity index (χ0n) is 16.2. The Kier molecular flexibility index (Phi) is 4.47. The maximum atomic E-state index is 10.2. The number of hydrogen-bond acceptors (Lipinski definition) is 8. The van der Waals surface area contributed by atoms with Gasteiger partial charge in [0, 0.05) is 24.1 Å². The molecule has 9 nitrogen and oxygen atoms in total. The fourth-order valence-corrected chi connectivity index (χ4v) is 3.87. The van der Waals surface area contributed by atoms with Crippen molar-refractivity contribution in [2.24, 2.45) is 10.7 Å². The van der Waals surface area contributed by atoms with E-state index in [4.69, 9.17) is 31.5 Å². The van der Waals surface area contributed by atoms with Crippen molar-refractivity contribution in [2.75, 3.05) is 25.1 Å². The lowest BCUT2D eigenvalue weighted by molar-refractivity contribution is 0.297. The first kappa shape index (κ1) is 18.7. The van der Waals surface area contributed by atoms with E-state index in [1.54, 1.807) is 12.1 Å². The molecule has 1 atom stereocenters. The Bertz CT molecular complexity index is 1180. The van der Waals surface area contributed by atoms with Gasteiger partial charge in [0.1, 0.15) is 0 Å². The van der Waals surface area contributed by atoms with E-state index in [1.807, 2.05) is 23.6 Å². The number of halogens is 1. The number of guanidine groups is 1. The number of nitrogens with one attached hydrogen (secondary N) is 1. The molecule has 3 heterocycles. The number of fused-ring (bicyclic) bond motifs is 4. The predicted molar refractivity (Wildman–Crippen MR) is 113 cm³/mol. The fourth-order valence-electron chi connectivity index (χ4n) is 3.66. The minimum atomic E-state index is -0.562. The smallest absolute Gasteiger partial charge is 0.212 e. The first-order valence-electron chi connectivity index (χ1n) is 9.62. The highest BCUT2D eigenvalue weighted by Gasteiger charge is 2.28. The largest absolute Gasteiger partial charge is 0.503 e. The van der Waals surface area contributed by atoms with Gasteiger partial charge in [-0.1, -0.05) is 11.6 Å². The first-order chi connectivity index (χ1) is 14.5. The minimum absolute atomic E-state index is 0.111. The van der Waals surface area contributed by atoms with E-state index in [2.05, 4.69) is 15.3 Å². The topological polar surface area (TPSA) is 116 Å². The molecule has 5 rings (SSSR count). The van der Waals surface area contributed by atoms with Gasteiger partial charge in [-0.25, -0.2) is 9.98 Å². The number of phenolic OH excluding ortho intramolecular Hbond substituents is 1. The molecular weight excluding hydrogens is 410 g/mol. The number of anilines is 1. The Hall–Kier alpha value is -3.33. The lowest BCUT2D eigenvalue weighted by atomic mass is 10.1. The number of phenols is 1. The molecule has 0 radical (unpaired) electrons. The molecule has 0 aliphatic carbocycles. The fraction of sp³-hybridized carbons (Fsp3) is 0.300. The third kappa shape index (κ3) is 3.02. The second kappa shape index (κ2) is 7.17. The maximum absolute atomic E-state index is 10.2. The van der Waals surface area contributed by atoms with Crippen LogP contribution in [-0.2, 0) is 0 Å². The summed E-state index contributed by atoms with van der Waals surface area (Å²) >= 11 is 6.26. The summed E-state index contributed by atoms with van der Waals surface area (Å²) in [5, 5.41) is 13.4. The summed E-state index contributed by atoms with van der Waals surface area (Å²) in [6.07, 6.45) is 0.253. The Morgan fingerprint density at radius 2 is 2.03 bits per heavy atom. The van der Waals surface area contributed by atoms with Crippen molar-refractivity contribution in [3.05, 3.63) is 34.9 Å². The van der Waals surface area contributed by atoms with Gasteiger partial charge in [0.2, 0.25) is 5.95 Å². The summed E-state index contributed by atoms with van der Waals surface area (Å²) in [6, 6.07) is 7.09. The number of aromatic hydroxyl groups is 1. The Balaban J connectivity index is 1.69. The summed E-state index contributed by atoms with van der Waals surface area (Å²) in [7, 11) is 0. The van der Waals surface area contributed by atoms with Crippen LogP contribution in [0.15, 0.2) is 29.3 Å². The molecule has 1 aromatic heterocycles. The molecule has 2 aliphatic heterocycles. The molecule has 0 amide bonds. The van der Waals surface area contributed by atoms with Crippen molar-refractivity contribution >= 4 is 34.5 Å². The molecule has 0 saturated carbocycles. The number of hydrogen-bond donors (Lipinski definition) is 3. The van der Waals surface area contributed by atoms with Crippen molar-refractivity contribution in [1.29, 1.82) is 0 Å². The monoisotopic (exact) mass is 429 g/mol. The van der Waals surface area contributed by atoms with Crippen molar-refractivity contribution in [1.82, 2.24) is 9.55 Å². The van der Waals surface area contributed by atoms with Crippen LogP contribution in [0.1, 0.15) is 25.1 Å². The average molecular weight is 430 g/mol. The zero-order valence-corrected chi connectivity index (χ0v) is 16.9. The first-order valence-corrected chi connectivity index (χ1v) is 10.00. The highest BCUT2D eigenvalue weighted by Crippen LogP contribution is 2.42. The van der Waals surface area contributed by atoms with Crippen LogP contribution in [0.3, 0.4) is 0 Å². The number of nitrogens with two attached hydrogens (primary N) is 1. The summed E-state index contributed by atoms with van der Waals surface area (Å²) in [5.41, 5.74) is 8.23. The van der Waals surface area contributed by atoms with Crippen LogP contribution in [0.2, 0.25) is 5.02 Å². The van der Waals surface area contributed by atoms with Gasteiger partial charge in [-0.2, -0.15) is 0 Å². The highest BCUT2D eigenvalue weighted by atomic mass is 35.5. The standard InChI is InChI=1S/C20H20ClN5O4/c1-2-28-16-7-10(6-11(21)17(16)27)18-24-19(22)25-20-23-12-8-14-15(9-13(12)26(18)20)30-5-3-4-29-14/h6-9,18,27H,2-5H2,1H3,(H3,22,23,24,25)/t18-/m0/s1. The Morgan fingerprint density at radius 1 is 1.27 bits per heavy atom. The van der Waals surface area contributed by atoms with E-state index in [9.17, 15) is 5.11 Å². The molecule has 0 fully saturated rings. The molecule has 4 N–H and O–H groups in total. The molecular formula is C20H20ClN5O4. The van der Waals surface area contributed by atoms with Gasteiger partial charge in [-0.3, -0.25) is 9.88 Å². The molecule has 2 aliphatic rings. The van der Waals surface area contributed by atoms with E-state index >= 15 is 0 Å². The molecule has 0 saturated heterocycles. The van der Waals surface area contributed by atoms with Crippen LogP contribution in [0.4, 0.5) is 5.95 Å². The molecule has 0 unspecified atom stereocenters. The van der Waals surface area contributed by atoms with Crippen LogP contribution >= 0.6 is 11.6 Å². The van der Waals surface area contributed by atoms with E-state index in [1.165, 1.54) is 0 Å². The van der Waals surface area contributed by atoms with Crippen molar-refractivity contribution < 1.29 is 19.3 Å². The minimum Gasteiger partial charge on any atom is -0.503 e. The third-order valence-electron chi connectivity index (χ3n) is 4.95. The number of aromatic nitrogens is 2. The highest BCUT2D eigenvalue weighted by molar-refractivity contribution is 6.32. The van der Waals surface area contributed by atoms with Crippen molar-refractivity contribution in [3.8, 4) is 23.0 Å². The van der Waals surface area contributed by atoms with Gasteiger partial charge in [-0.05, 0) is 19.1 Å². The van der Waals surface area contributed by atoms with Gasteiger partial charge < -0.3 is 25.1 Å². The van der Waals surface area contributed by atoms with Crippen molar-refractivity contribution in [2.45, 2.75) is 19.5 Å².